The van der Waals surface area contributed by atoms with Gasteiger partial charge in [-0.1, -0.05) is 6.92 Å². The van der Waals surface area contributed by atoms with Gasteiger partial charge in [0.1, 0.15) is 0 Å². The first-order valence-electron chi connectivity index (χ1n) is 4.95. The summed E-state index contributed by atoms with van der Waals surface area (Å²) in [6, 6.07) is 0. The fourth-order valence-electron chi connectivity index (χ4n) is 1.98. The molecule has 2 heterocycles. The fourth-order valence-corrected chi connectivity index (χ4v) is 1.98. The lowest BCUT2D eigenvalue weighted by atomic mass is 9.89. The first-order chi connectivity index (χ1) is 6.81. The molecule has 0 spiro atoms. The summed E-state index contributed by atoms with van der Waals surface area (Å²) in [5.41, 5.74) is 1.08. The van der Waals surface area contributed by atoms with E-state index < -0.39 is 0 Å². The Morgan fingerprint density at radius 2 is 2.57 bits per heavy atom. The van der Waals surface area contributed by atoms with Crippen molar-refractivity contribution >= 4 is 5.97 Å². The minimum absolute atomic E-state index is 0.0444. The van der Waals surface area contributed by atoms with Crippen LogP contribution < -0.4 is 0 Å². The molecular formula is C10H14N2O2. The second-order valence-electron chi connectivity index (χ2n) is 3.69. The molecule has 14 heavy (non-hydrogen) atoms. The maximum absolute atomic E-state index is 11.3. The average Bonchev–Trinajstić information content (AvgIpc) is 2.77. The number of carbonyl (C=O) groups excluding carboxylic acids is 1. The Bertz CT molecular complexity index is 308. The molecule has 1 N–H and O–H groups in total. The smallest absolute Gasteiger partial charge is 0.309 e. The summed E-state index contributed by atoms with van der Waals surface area (Å²) in [7, 11) is 0. The van der Waals surface area contributed by atoms with Crippen LogP contribution in [0.3, 0.4) is 0 Å². The monoisotopic (exact) mass is 194 g/mol. The maximum Gasteiger partial charge on any atom is 0.309 e. The topological polar surface area (TPSA) is 55.0 Å². The average molecular weight is 194 g/mol. The molecule has 0 amide bonds. The van der Waals surface area contributed by atoms with Gasteiger partial charge in [-0.25, -0.2) is 4.98 Å². The minimum atomic E-state index is -0.0444. The summed E-state index contributed by atoms with van der Waals surface area (Å²) < 4.78 is 5.04. The molecule has 2 atom stereocenters. The summed E-state index contributed by atoms with van der Waals surface area (Å²) in [4.78, 5) is 18.3. The zero-order chi connectivity index (χ0) is 9.97. The molecule has 1 aromatic heterocycles. The normalized spacial score (nSPS) is 26.5. The lowest BCUT2D eigenvalue weighted by Gasteiger charge is -2.11. The number of nitrogens with one attached hydrogen (secondary N) is 1. The van der Waals surface area contributed by atoms with Crippen LogP contribution in [0.15, 0.2) is 12.5 Å². The van der Waals surface area contributed by atoms with Crippen LogP contribution in [-0.2, 0) is 16.0 Å². The standard InChI is InChI=1S/C10H14N2O2/c1-2-9-7(5-14-10(9)13)3-8-4-11-6-12-8/h4,6-7,9H,2-3,5H2,1H3,(H,11,12)/t7-,9-/m1/s1. The lowest BCUT2D eigenvalue weighted by Crippen LogP contribution is -2.17. The van der Waals surface area contributed by atoms with Crippen molar-refractivity contribution < 1.29 is 9.53 Å². The molecule has 0 aromatic carbocycles. The molecule has 0 unspecified atom stereocenters. The number of aromatic nitrogens is 2. The number of H-pyrrole nitrogens is 1. The third-order valence-corrected chi connectivity index (χ3v) is 2.79. The zero-order valence-corrected chi connectivity index (χ0v) is 8.19. The summed E-state index contributed by atoms with van der Waals surface area (Å²) in [5, 5.41) is 0. The Balaban J connectivity index is 2.01. The second kappa shape index (κ2) is 3.82. The van der Waals surface area contributed by atoms with Crippen molar-refractivity contribution in [2.75, 3.05) is 6.61 Å². The van der Waals surface area contributed by atoms with Crippen molar-refractivity contribution in [1.29, 1.82) is 0 Å². The number of aromatic amines is 1. The van der Waals surface area contributed by atoms with Crippen molar-refractivity contribution in [2.45, 2.75) is 19.8 Å². The molecule has 2 rings (SSSR count). The van der Waals surface area contributed by atoms with E-state index in [0.29, 0.717) is 12.5 Å². The van der Waals surface area contributed by atoms with Crippen LogP contribution in [0, 0.1) is 11.8 Å². The van der Waals surface area contributed by atoms with Crippen LogP contribution in [0.25, 0.3) is 0 Å². The molecule has 0 saturated carbocycles. The lowest BCUT2D eigenvalue weighted by molar-refractivity contribution is -0.141. The van der Waals surface area contributed by atoms with Gasteiger partial charge in [0.2, 0.25) is 0 Å². The molecule has 4 heteroatoms. The third kappa shape index (κ3) is 1.64. The molecule has 0 radical (unpaired) electrons. The summed E-state index contributed by atoms with van der Waals surface area (Å²) >= 11 is 0. The number of esters is 1. The summed E-state index contributed by atoms with van der Waals surface area (Å²) in [6.07, 6.45) is 5.17. The van der Waals surface area contributed by atoms with E-state index in [-0.39, 0.29) is 11.9 Å². The van der Waals surface area contributed by atoms with E-state index in [9.17, 15) is 4.79 Å². The van der Waals surface area contributed by atoms with Gasteiger partial charge >= 0.3 is 5.97 Å². The minimum Gasteiger partial charge on any atom is -0.465 e. The number of ether oxygens (including phenoxy) is 1. The molecule has 1 saturated heterocycles. The van der Waals surface area contributed by atoms with E-state index in [2.05, 4.69) is 9.97 Å². The van der Waals surface area contributed by atoms with Crippen LogP contribution in [0.5, 0.6) is 0 Å². The van der Waals surface area contributed by atoms with Crippen LogP contribution >= 0.6 is 0 Å². The van der Waals surface area contributed by atoms with E-state index in [1.54, 1.807) is 12.5 Å². The van der Waals surface area contributed by atoms with Gasteiger partial charge in [0, 0.05) is 17.8 Å². The molecule has 76 valence electrons. The Morgan fingerprint density at radius 1 is 1.71 bits per heavy atom. The fraction of sp³-hybridized carbons (Fsp3) is 0.600. The zero-order valence-electron chi connectivity index (χ0n) is 8.19. The molecule has 0 bridgehead atoms. The predicted octanol–water partition coefficient (Wildman–Crippen LogP) is 1.15. The highest BCUT2D eigenvalue weighted by atomic mass is 16.5. The van der Waals surface area contributed by atoms with Gasteiger partial charge in [-0.05, 0) is 12.8 Å². The molecule has 1 aliphatic heterocycles. The second-order valence-corrected chi connectivity index (χ2v) is 3.69. The molecular weight excluding hydrogens is 180 g/mol. The highest BCUT2D eigenvalue weighted by molar-refractivity contribution is 5.74. The van der Waals surface area contributed by atoms with Gasteiger partial charge in [0.15, 0.2) is 0 Å². The molecule has 1 fully saturated rings. The number of cyclic esters (lactones) is 1. The van der Waals surface area contributed by atoms with Gasteiger partial charge in [0.25, 0.3) is 0 Å². The first-order valence-corrected chi connectivity index (χ1v) is 4.95. The molecule has 4 nitrogen and oxygen atoms in total. The van der Waals surface area contributed by atoms with Crippen LogP contribution in [0.2, 0.25) is 0 Å². The van der Waals surface area contributed by atoms with Crippen molar-refractivity contribution in [3.8, 4) is 0 Å². The maximum atomic E-state index is 11.3. The number of hydrogen-bond acceptors (Lipinski definition) is 3. The van der Waals surface area contributed by atoms with Crippen LogP contribution in [-0.4, -0.2) is 22.5 Å². The van der Waals surface area contributed by atoms with Gasteiger partial charge in [-0.15, -0.1) is 0 Å². The third-order valence-electron chi connectivity index (χ3n) is 2.79. The first kappa shape index (κ1) is 9.24. The highest BCUT2D eigenvalue weighted by Gasteiger charge is 2.35. The highest BCUT2D eigenvalue weighted by Crippen LogP contribution is 2.27. The Morgan fingerprint density at radius 3 is 3.21 bits per heavy atom. The number of carbonyl (C=O) groups is 1. The van der Waals surface area contributed by atoms with Crippen LogP contribution in [0.4, 0.5) is 0 Å². The van der Waals surface area contributed by atoms with Crippen molar-refractivity contribution in [1.82, 2.24) is 9.97 Å². The van der Waals surface area contributed by atoms with Gasteiger partial charge < -0.3 is 9.72 Å². The number of hydrogen-bond donors (Lipinski definition) is 1. The van der Waals surface area contributed by atoms with E-state index in [4.69, 9.17) is 4.74 Å². The van der Waals surface area contributed by atoms with Gasteiger partial charge in [0.05, 0.1) is 18.9 Å². The van der Waals surface area contributed by atoms with Crippen molar-refractivity contribution in [3.05, 3.63) is 18.2 Å². The number of nitrogens with zero attached hydrogens (tertiary/aromatic N) is 1. The van der Waals surface area contributed by atoms with Gasteiger partial charge in [-0.3, -0.25) is 4.79 Å². The number of imidazole rings is 1. The Kier molecular flexibility index (Phi) is 2.52. The van der Waals surface area contributed by atoms with Gasteiger partial charge in [-0.2, -0.15) is 0 Å². The van der Waals surface area contributed by atoms with Crippen molar-refractivity contribution in [3.63, 3.8) is 0 Å². The molecule has 0 aliphatic carbocycles. The SMILES string of the molecule is CC[C@H]1C(=O)OC[C@H]1Cc1cnc[nH]1. The molecule has 1 aliphatic rings. The van der Waals surface area contributed by atoms with E-state index >= 15 is 0 Å². The van der Waals surface area contributed by atoms with Crippen LogP contribution in [0.1, 0.15) is 19.0 Å². The largest absolute Gasteiger partial charge is 0.465 e. The summed E-state index contributed by atoms with van der Waals surface area (Å²) in [5.74, 6) is 0.336. The Labute approximate surface area is 82.7 Å². The quantitative estimate of drug-likeness (QED) is 0.734. The van der Waals surface area contributed by atoms with Crippen molar-refractivity contribution in [2.24, 2.45) is 11.8 Å². The molecule has 1 aromatic rings. The van der Waals surface area contributed by atoms with E-state index in [1.165, 1.54) is 0 Å². The number of rotatable bonds is 3. The van der Waals surface area contributed by atoms with E-state index in [1.807, 2.05) is 6.92 Å². The predicted molar refractivity (Wildman–Crippen MR) is 50.5 cm³/mol. The van der Waals surface area contributed by atoms with E-state index in [0.717, 1.165) is 18.5 Å². The Hall–Kier alpha value is -1.32. The summed E-state index contributed by atoms with van der Waals surface area (Å²) in [6.45, 7) is 2.58.